The quantitative estimate of drug-likeness (QED) is 0.240. The lowest BCUT2D eigenvalue weighted by Crippen LogP contribution is -2.33. The Morgan fingerprint density at radius 1 is 1.24 bits per heavy atom. The standard InChI is InChI=1S/C32H45NOS.C3H6/c1-19(2)28(18-34)32-33-31(20(3)4)29(35-32)12-11-26-16-24(17-27-15-22(27)6)14-23(7)30(26)25-10-8-9-21(5)13-25;1-3-2/h13-14,16,18-19,22,25,27-28,32-33H,3,8-12,15,17H2,1-2,4-7H3;3H,1H2,2H3. The zero-order valence-corrected chi connectivity index (χ0v) is 25.8. The fourth-order valence-corrected chi connectivity index (χ4v) is 7.73. The number of allylic oxidation sites excluding steroid dienone is 5. The lowest BCUT2D eigenvalue weighted by Gasteiger charge is -2.25. The van der Waals surface area contributed by atoms with Gasteiger partial charge in [-0.05, 0) is 118 Å². The number of aldehydes is 1. The molecule has 1 aromatic carbocycles. The van der Waals surface area contributed by atoms with E-state index in [1.54, 1.807) is 17.2 Å². The highest BCUT2D eigenvalue weighted by Crippen LogP contribution is 2.44. The van der Waals surface area contributed by atoms with Crippen molar-refractivity contribution >= 4 is 18.0 Å². The molecule has 0 spiro atoms. The number of hydrogen-bond donors (Lipinski definition) is 1. The topological polar surface area (TPSA) is 29.1 Å². The van der Waals surface area contributed by atoms with E-state index in [1.807, 2.05) is 18.7 Å². The fourth-order valence-electron chi connectivity index (χ4n) is 6.14. The van der Waals surface area contributed by atoms with Crippen molar-refractivity contribution in [2.45, 2.75) is 105 Å². The summed E-state index contributed by atoms with van der Waals surface area (Å²) >= 11 is 1.86. The molecule has 0 amide bonds. The van der Waals surface area contributed by atoms with E-state index in [1.165, 1.54) is 59.4 Å². The first-order valence-corrected chi connectivity index (χ1v) is 15.6. The van der Waals surface area contributed by atoms with Crippen LogP contribution >= 0.6 is 11.8 Å². The van der Waals surface area contributed by atoms with Crippen molar-refractivity contribution in [3.63, 3.8) is 0 Å². The van der Waals surface area contributed by atoms with Gasteiger partial charge < -0.3 is 10.1 Å². The fraction of sp³-hybridized carbons (Fsp3) is 0.571. The monoisotopic (exact) mass is 533 g/mol. The van der Waals surface area contributed by atoms with Crippen molar-refractivity contribution < 1.29 is 4.79 Å². The van der Waals surface area contributed by atoms with E-state index in [9.17, 15) is 4.79 Å². The molecule has 4 rings (SSSR count). The zero-order chi connectivity index (χ0) is 28.0. The van der Waals surface area contributed by atoms with Crippen molar-refractivity contribution in [2.24, 2.45) is 23.7 Å². The van der Waals surface area contributed by atoms with Gasteiger partial charge in [0.15, 0.2) is 0 Å². The van der Waals surface area contributed by atoms with E-state index < -0.39 is 0 Å². The number of thioether (sulfide) groups is 1. The molecule has 5 atom stereocenters. The van der Waals surface area contributed by atoms with Crippen LogP contribution in [-0.2, 0) is 17.6 Å². The Balaban J connectivity index is 0.00000127. The molecule has 0 saturated heterocycles. The summed E-state index contributed by atoms with van der Waals surface area (Å²) in [5.41, 5.74) is 9.90. The van der Waals surface area contributed by atoms with Gasteiger partial charge in [-0.3, -0.25) is 0 Å². The SMILES string of the molecule is C=C(C)C1=C(CCc2cc(CC3CC3C)cc(C)c2C2C=C(C)CCC2)SC(C(C=O)C(C)C)N1.C=CC. The van der Waals surface area contributed by atoms with Crippen LogP contribution in [-0.4, -0.2) is 11.7 Å². The highest BCUT2D eigenvalue weighted by molar-refractivity contribution is 8.03. The summed E-state index contributed by atoms with van der Waals surface area (Å²) in [6.07, 6.45) is 13.9. The predicted octanol–water partition coefficient (Wildman–Crippen LogP) is 9.45. The van der Waals surface area contributed by atoms with E-state index in [-0.39, 0.29) is 11.3 Å². The molecule has 0 radical (unpaired) electrons. The van der Waals surface area contributed by atoms with Crippen molar-refractivity contribution in [1.29, 1.82) is 0 Å². The number of aryl methyl sites for hydroxylation is 2. The van der Waals surface area contributed by atoms with Crippen molar-refractivity contribution in [1.82, 2.24) is 5.32 Å². The molecule has 1 aromatic rings. The molecule has 3 aliphatic rings. The lowest BCUT2D eigenvalue weighted by atomic mass is 9.80. The van der Waals surface area contributed by atoms with Gasteiger partial charge in [-0.1, -0.05) is 57.2 Å². The molecule has 38 heavy (non-hydrogen) atoms. The van der Waals surface area contributed by atoms with Crippen LogP contribution in [0.25, 0.3) is 0 Å². The van der Waals surface area contributed by atoms with Crippen molar-refractivity contribution in [3.8, 4) is 0 Å². The van der Waals surface area contributed by atoms with Gasteiger partial charge in [0.2, 0.25) is 0 Å². The third kappa shape index (κ3) is 7.78. The zero-order valence-electron chi connectivity index (χ0n) is 25.0. The number of rotatable bonds is 10. The minimum absolute atomic E-state index is 0.00358. The Morgan fingerprint density at radius 2 is 1.92 bits per heavy atom. The van der Waals surface area contributed by atoms with Crippen LogP contribution < -0.4 is 5.32 Å². The number of carbonyl (C=O) groups is 1. The molecule has 1 aliphatic heterocycles. The van der Waals surface area contributed by atoms with E-state index in [0.29, 0.717) is 11.8 Å². The Kier molecular flexibility index (Phi) is 11.2. The van der Waals surface area contributed by atoms with Crippen LogP contribution in [0.2, 0.25) is 0 Å². The Labute approximate surface area is 237 Å². The first kappa shape index (κ1) is 30.5. The average molecular weight is 534 g/mol. The van der Waals surface area contributed by atoms with Gasteiger partial charge in [0.05, 0.1) is 5.37 Å². The molecule has 1 saturated carbocycles. The normalized spacial score (nSPS) is 25.2. The van der Waals surface area contributed by atoms with Crippen LogP contribution in [0.5, 0.6) is 0 Å². The molecular weight excluding hydrogens is 482 g/mol. The minimum atomic E-state index is 0.00358. The molecule has 0 aromatic heterocycles. The second-order valence-corrected chi connectivity index (χ2v) is 13.5. The predicted molar refractivity (Wildman–Crippen MR) is 167 cm³/mol. The third-order valence-corrected chi connectivity index (χ3v) is 9.79. The van der Waals surface area contributed by atoms with Crippen LogP contribution in [0.15, 0.2) is 59.2 Å². The largest absolute Gasteiger partial charge is 0.371 e. The molecule has 0 bridgehead atoms. The van der Waals surface area contributed by atoms with Crippen LogP contribution in [0, 0.1) is 30.6 Å². The summed E-state index contributed by atoms with van der Waals surface area (Å²) in [5.74, 6) is 2.62. The Hall–Kier alpha value is -2.00. The number of nitrogens with one attached hydrogen (secondary N) is 1. The van der Waals surface area contributed by atoms with E-state index >= 15 is 0 Å². The third-order valence-electron chi connectivity index (χ3n) is 8.41. The van der Waals surface area contributed by atoms with Crippen molar-refractivity contribution in [3.05, 3.63) is 81.4 Å². The summed E-state index contributed by atoms with van der Waals surface area (Å²) in [6, 6.07) is 5.03. The van der Waals surface area contributed by atoms with E-state index in [2.05, 4.69) is 78.2 Å². The van der Waals surface area contributed by atoms with Gasteiger partial charge in [-0.2, -0.15) is 0 Å². The molecule has 2 nitrogen and oxygen atoms in total. The van der Waals surface area contributed by atoms with Gasteiger partial charge in [-0.15, -0.1) is 18.3 Å². The summed E-state index contributed by atoms with van der Waals surface area (Å²) in [5, 5.41) is 3.77. The molecule has 2 aliphatic carbocycles. The van der Waals surface area contributed by atoms with Gasteiger partial charge in [0.1, 0.15) is 6.29 Å². The summed E-state index contributed by atoms with van der Waals surface area (Å²) in [6.45, 7) is 22.9. The smallest absolute Gasteiger partial charge is 0.126 e. The highest BCUT2D eigenvalue weighted by atomic mass is 32.2. The minimum Gasteiger partial charge on any atom is -0.371 e. The molecular formula is C35H51NOS. The second-order valence-electron chi connectivity index (χ2n) is 12.3. The van der Waals surface area contributed by atoms with Crippen molar-refractivity contribution in [2.75, 3.05) is 0 Å². The van der Waals surface area contributed by atoms with Crippen LogP contribution in [0.3, 0.4) is 0 Å². The summed E-state index contributed by atoms with van der Waals surface area (Å²) in [7, 11) is 0. The maximum Gasteiger partial charge on any atom is 0.126 e. The van der Waals surface area contributed by atoms with Crippen LogP contribution in [0.4, 0.5) is 0 Å². The van der Waals surface area contributed by atoms with Crippen LogP contribution in [0.1, 0.15) is 102 Å². The van der Waals surface area contributed by atoms with Gasteiger partial charge in [-0.25, -0.2) is 0 Å². The molecule has 5 unspecified atom stereocenters. The molecule has 208 valence electrons. The van der Waals surface area contributed by atoms with E-state index in [0.717, 1.165) is 36.5 Å². The van der Waals surface area contributed by atoms with Gasteiger partial charge in [0, 0.05) is 22.4 Å². The Bertz CT molecular complexity index is 1080. The van der Waals surface area contributed by atoms with E-state index in [4.69, 9.17) is 0 Å². The molecule has 3 heteroatoms. The number of benzene rings is 1. The number of hydrogen-bond acceptors (Lipinski definition) is 3. The second kappa shape index (κ2) is 13.9. The Morgan fingerprint density at radius 3 is 2.47 bits per heavy atom. The summed E-state index contributed by atoms with van der Waals surface area (Å²) in [4.78, 5) is 13.2. The highest BCUT2D eigenvalue weighted by Gasteiger charge is 2.34. The van der Waals surface area contributed by atoms with Gasteiger partial charge in [0.25, 0.3) is 0 Å². The summed E-state index contributed by atoms with van der Waals surface area (Å²) < 4.78 is 0. The molecule has 1 heterocycles. The van der Waals surface area contributed by atoms with Gasteiger partial charge >= 0.3 is 0 Å². The first-order valence-electron chi connectivity index (χ1n) is 14.7. The molecule has 1 fully saturated rings. The average Bonchev–Trinajstić information content (AvgIpc) is 3.36. The lowest BCUT2D eigenvalue weighted by molar-refractivity contribution is -0.112. The maximum atomic E-state index is 11.8. The maximum absolute atomic E-state index is 11.8. The first-order chi connectivity index (χ1) is 18.1. The molecule has 1 N–H and O–H groups in total. The number of carbonyl (C=O) groups excluding carboxylic acids is 1.